The average Bonchev–Trinajstić information content (AvgIpc) is 3.07. The minimum atomic E-state index is -0.151. The first-order valence-electron chi connectivity index (χ1n) is 10.9. The van der Waals surface area contributed by atoms with Gasteiger partial charge < -0.3 is 5.32 Å². The number of aromatic amines is 1. The first-order chi connectivity index (χ1) is 14.6. The van der Waals surface area contributed by atoms with Crippen LogP contribution in [0, 0.1) is 17.8 Å². The van der Waals surface area contributed by atoms with Gasteiger partial charge in [-0.15, -0.1) is 0 Å². The molecule has 4 fully saturated rings. The van der Waals surface area contributed by atoms with Crippen LogP contribution in [-0.4, -0.2) is 21.8 Å². The Balaban J connectivity index is 1.26. The smallest absolute Gasteiger partial charge is 0.320 e. The third-order valence-electron chi connectivity index (χ3n) is 7.38. The fourth-order valence-electron chi connectivity index (χ4n) is 6.62. The van der Waals surface area contributed by atoms with Crippen LogP contribution in [0.4, 0.5) is 10.6 Å². The third-order valence-corrected chi connectivity index (χ3v) is 7.70. The van der Waals surface area contributed by atoms with Gasteiger partial charge in [-0.05, 0) is 74.0 Å². The standard InChI is InChI=1S/C24H25ClN4O/c25-20-10-21-19(9-18(20)17-4-2-1-3-5-17)22(29-28-21)26-23(30)27-24-11-14-6-15(12-24)8-16(7-14)13-24/h1-5,9-10,14-16H,6-8,11-13H2,(H3,26,27,28,29,30). The number of rotatable bonds is 3. The molecule has 3 aromatic rings. The molecule has 0 radical (unpaired) electrons. The van der Waals surface area contributed by atoms with Gasteiger partial charge in [0.2, 0.25) is 0 Å². The highest BCUT2D eigenvalue weighted by molar-refractivity contribution is 6.34. The van der Waals surface area contributed by atoms with Crippen LogP contribution >= 0.6 is 11.6 Å². The SMILES string of the molecule is O=C(Nc1n[nH]c2cc(Cl)c(-c3ccccc3)cc12)NC12CC3CC(CC(C3)C1)C2. The minimum absolute atomic E-state index is 0.0244. The molecule has 1 aromatic heterocycles. The number of nitrogens with zero attached hydrogens (tertiary/aromatic N) is 1. The number of hydrogen-bond donors (Lipinski definition) is 3. The zero-order valence-electron chi connectivity index (χ0n) is 16.7. The van der Waals surface area contributed by atoms with E-state index < -0.39 is 0 Å². The molecule has 2 amide bonds. The molecule has 0 atom stereocenters. The van der Waals surface area contributed by atoms with Crippen LogP contribution in [0.15, 0.2) is 42.5 Å². The summed E-state index contributed by atoms with van der Waals surface area (Å²) in [5, 5.41) is 15.2. The molecular weight excluding hydrogens is 396 g/mol. The second-order valence-corrected chi connectivity index (χ2v) is 10.0. The van der Waals surface area contributed by atoms with E-state index in [1.165, 1.54) is 19.3 Å². The first kappa shape index (κ1) is 18.3. The summed E-state index contributed by atoms with van der Waals surface area (Å²) < 4.78 is 0. The van der Waals surface area contributed by atoms with Crippen molar-refractivity contribution in [1.29, 1.82) is 0 Å². The van der Waals surface area contributed by atoms with Crippen molar-refractivity contribution in [1.82, 2.24) is 15.5 Å². The molecule has 6 heteroatoms. The molecule has 7 rings (SSSR count). The number of anilines is 1. The second kappa shape index (κ2) is 6.74. The van der Waals surface area contributed by atoms with Crippen molar-refractivity contribution >= 4 is 34.4 Å². The summed E-state index contributed by atoms with van der Waals surface area (Å²) in [5.41, 5.74) is 2.75. The van der Waals surface area contributed by atoms with Crippen molar-refractivity contribution in [3.63, 3.8) is 0 Å². The minimum Gasteiger partial charge on any atom is -0.332 e. The number of benzene rings is 2. The predicted octanol–water partition coefficient (Wildman–Crippen LogP) is 5.97. The molecule has 5 nitrogen and oxygen atoms in total. The summed E-state index contributed by atoms with van der Waals surface area (Å²) in [6.45, 7) is 0. The molecule has 30 heavy (non-hydrogen) atoms. The van der Waals surface area contributed by atoms with Crippen molar-refractivity contribution in [3.8, 4) is 11.1 Å². The first-order valence-corrected chi connectivity index (χ1v) is 11.3. The Morgan fingerprint density at radius 1 is 1.03 bits per heavy atom. The molecule has 4 bridgehead atoms. The van der Waals surface area contributed by atoms with Gasteiger partial charge in [0.25, 0.3) is 0 Å². The van der Waals surface area contributed by atoms with Crippen LogP contribution in [0.1, 0.15) is 38.5 Å². The van der Waals surface area contributed by atoms with Gasteiger partial charge in [0.05, 0.1) is 10.5 Å². The number of carbonyl (C=O) groups excluding carboxylic acids is 1. The summed E-state index contributed by atoms with van der Waals surface area (Å²) in [6, 6.07) is 13.7. The van der Waals surface area contributed by atoms with Crippen molar-refractivity contribution in [3.05, 3.63) is 47.5 Å². The van der Waals surface area contributed by atoms with Crippen LogP contribution in [0.25, 0.3) is 22.0 Å². The Hall–Kier alpha value is -2.53. The van der Waals surface area contributed by atoms with Crippen molar-refractivity contribution in [2.45, 2.75) is 44.1 Å². The van der Waals surface area contributed by atoms with Crippen molar-refractivity contribution in [2.75, 3.05) is 5.32 Å². The van der Waals surface area contributed by atoms with Crippen LogP contribution in [0.3, 0.4) is 0 Å². The fourth-order valence-corrected chi connectivity index (χ4v) is 6.89. The Kier molecular flexibility index (Phi) is 4.10. The topological polar surface area (TPSA) is 69.8 Å². The predicted molar refractivity (Wildman–Crippen MR) is 120 cm³/mol. The Morgan fingerprint density at radius 2 is 1.70 bits per heavy atom. The lowest BCUT2D eigenvalue weighted by Crippen LogP contribution is -2.60. The second-order valence-electron chi connectivity index (χ2n) is 9.59. The van der Waals surface area contributed by atoms with E-state index in [0.29, 0.717) is 10.8 Å². The number of urea groups is 1. The van der Waals surface area contributed by atoms with Crippen molar-refractivity contribution < 1.29 is 4.79 Å². The summed E-state index contributed by atoms with van der Waals surface area (Å²) in [6.07, 6.45) is 7.45. The van der Waals surface area contributed by atoms with E-state index in [1.54, 1.807) is 0 Å². The van der Waals surface area contributed by atoms with Gasteiger partial charge in [-0.2, -0.15) is 5.10 Å². The van der Waals surface area contributed by atoms with Crippen LogP contribution in [0.5, 0.6) is 0 Å². The molecule has 4 aliphatic rings. The maximum atomic E-state index is 13.0. The van der Waals surface area contributed by atoms with E-state index >= 15 is 0 Å². The van der Waals surface area contributed by atoms with Crippen LogP contribution in [-0.2, 0) is 0 Å². The maximum Gasteiger partial charge on any atom is 0.320 e. The van der Waals surface area contributed by atoms with Gasteiger partial charge in [-0.1, -0.05) is 41.9 Å². The van der Waals surface area contributed by atoms with E-state index in [1.807, 2.05) is 42.5 Å². The number of H-pyrrole nitrogens is 1. The largest absolute Gasteiger partial charge is 0.332 e. The molecule has 0 saturated heterocycles. The summed E-state index contributed by atoms with van der Waals surface area (Å²) in [5.74, 6) is 2.91. The third kappa shape index (κ3) is 3.07. The quantitative estimate of drug-likeness (QED) is 0.488. The monoisotopic (exact) mass is 420 g/mol. The fraction of sp³-hybridized carbons (Fsp3) is 0.417. The highest BCUT2D eigenvalue weighted by Crippen LogP contribution is 2.55. The van der Waals surface area contributed by atoms with Crippen molar-refractivity contribution in [2.24, 2.45) is 17.8 Å². The number of nitrogens with one attached hydrogen (secondary N) is 3. The van der Waals surface area contributed by atoms with Crippen LogP contribution < -0.4 is 10.6 Å². The number of hydrogen-bond acceptors (Lipinski definition) is 2. The molecule has 3 N–H and O–H groups in total. The van der Waals surface area contributed by atoms with E-state index in [2.05, 4.69) is 20.8 Å². The summed E-state index contributed by atoms with van der Waals surface area (Å²) in [4.78, 5) is 13.0. The number of amides is 2. The average molecular weight is 421 g/mol. The molecule has 0 spiro atoms. The molecular formula is C24H25ClN4O. The Labute approximate surface area is 180 Å². The molecule has 0 unspecified atom stereocenters. The molecule has 2 aromatic carbocycles. The lowest BCUT2D eigenvalue weighted by Gasteiger charge is -2.56. The summed E-state index contributed by atoms with van der Waals surface area (Å²) in [7, 11) is 0. The number of aromatic nitrogens is 2. The van der Waals surface area contributed by atoms with E-state index in [4.69, 9.17) is 11.6 Å². The highest BCUT2D eigenvalue weighted by Gasteiger charge is 2.51. The number of fused-ring (bicyclic) bond motifs is 1. The zero-order chi connectivity index (χ0) is 20.3. The van der Waals surface area contributed by atoms with Gasteiger partial charge in [-0.25, -0.2) is 4.79 Å². The zero-order valence-corrected chi connectivity index (χ0v) is 17.5. The molecule has 0 aliphatic heterocycles. The number of halogens is 1. The van der Waals surface area contributed by atoms with Gasteiger partial charge in [-0.3, -0.25) is 10.4 Å². The highest BCUT2D eigenvalue weighted by atomic mass is 35.5. The van der Waals surface area contributed by atoms with Gasteiger partial charge >= 0.3 is 6.03 Å². The van der Waals surface area contributed by atoms with Gasteiger partial charge in [0.1, 0.15) is 0 Å². The van der Waals surface area contributed by atoms with E-state index in [9.17, 15) is 4.79 Å². The van der Waals surface area contributed by atoms with Gasteiger partial charge in [0.15, 0.2) is 5.82 Å². The summed E-state index contributed by atoms with van der Waals surface area (Å²) >= 11 is 6.51. The van der Waals surface area contributed by atoms with E-state index in [0.717, 1.165) is 59.0 Å². The normalized spacial score (nSPS) is 29.3. The molecule has 4 saturated carbocycles. The van der Waals surface area contributed by atoms with Gasteiger partial charge in [0, 0.05) is 16.5 Å². The molecule has 4 aliphatic carbocycles. The van der Waals surface area contributed by atoms with Crippen LogP contribution in [0.2, 0.25) is 5.02 Å². The maximum absolute atomic E-state index is 13.0. The molecule has 154 valence electrons. The lowest BCUT2D eigenvalue weighted by atomic mass is 9.53. The Morgan fingerprint density at radius 3 is 2.37 bits per heavy atom. The lowest BCUT2D eigenvalue weighted by molar-refractivity contribution is -0.0127. The Bertz CT molecular complexity index is 1090. The number of carbonyl (C=O) groups is 1. The molecule has 1 heterocycles. The van der Waals surface area contributed by atoms with E-state index in [-0.39, 0.29) is 11.6 Å².